The SMILES string of the molecule is N[C@@H](CCO)c1csc(Cl)c1. The molecule has 0 bridgehead atoms. The van der Waals surface area contributed by atoms with E-state index in [2.05, 4.69) is 0 Å². The lowest BCUT2D eigenvalue weighted by atomic mass is 10.1. The average Bonchev–Trinajstić information content (AvgIpc) is 2.36. The van der Waals surface area contributed by atoms with Gasteiger partial charge in [0.05, 0.1) is 4.34 Å². The van der Waals surface area contributed by atoms with Crippen molar-refractivity contribution < 1.29 is 5.11 Å². The number of hydrogen-bond acceptors (Lipinski definition) is 3. The second-order valence-corrected chi connectivity index (χ2v) is 3.85. The van der Waals surface area contributed by atoms with Crippen LogP contribution in [0.5, 0.6) is 0 Å². The van der Waals surface area contributed by atoms with Crippen molar-refractivity contribution in [2.24, 2.45) is 5.73 Å². The minimum absolute atomic E-state index is 0.0799. The first-order valence-electron chi connectivity index (χ1n) is 3.34. The quantitative estimate of drug-likeness (QED) is 0.765. The summed E-state index contributed by atoms with van der Waals surface area (Å²) in [4.78, 5) is 0. The van der Waals surface area contributed by atoms with E-state index in [1.165, 1.54) is 11.3 Å². The predicted molar refractivity (Wildman–Crippen MR) is 48.0 cm³/mol. The fourth-order valence-corrected chi connectivity index (χ4v) is 1.78. The standard InChI is InChI=1S/C7H10ClNOS/c8-7-3-5(4-11-7)6(9)1-2-10/h3-4,6,10H,1-2,9H2/t6-/m0/s1. The average molecular weight is 192 g/mol. The van der Waals surface area contributed by atoms with E-state index in [9.17, 15) is 0 Å². The number of rotatable bonds is 3. The zero-order valence-corrected chi connectivity index (χ0v) is 7.53. The molecule has 1 atom stereocenters. The van der Waals surface area contributed by atoms with Crippen LogP contribution in [0.4, 0.5) is 0 Å². The van der Waals surface area contributed by atoms with E-state index in [1.807, 2.05) is 11.4 Å². The van der Waals surface area contributed by atoms with Gasteiger partial charge in [0, 0.05) is 12.6 Å². The van der Waals surface area contributed by atoms with Crippen LogP contribution in [0.1, 0.15) is 18.0 Å². The molecule has 3 N–H and O–H groups in total. The summed E-state index contributed by atoms with van der Waals surface area (Å²) in [5.74, 6) is 0. The Morgan fingerprint density at radius 3 is 2.91 bits per heavy atom. The molecule has 1 aromatic rings. The normalized spacial score (nSPS) is 13.4. The van der Waals surface area contributed by atoms with Crippen molar-refractivity contribution in [2.45, 2.75) is 12.5 Å². The number of thiophene rings is 1. The van der Waals surface area contributed by atoms with Crippen molar-refractivity contribution in [2.75, 3.05) is 6.61 Å². The summed E-state index contributed by atoms with van der Waals surface area (Å²) in [6.45, 7) is 0.120. The van der Waals surface area contributed by atoms with E-state index in [1.54, 1.807) is 0 Å². The van der Waals surface area contributed by atoms with Crippen molar-refractivity contribution >= 4 is 22.9 Å². The van der Waals surface area contributed by atoms with E-state index < -0.39 is 0 Å². The Labute approximate surface area is 74.6 Å². The summed E-state index contributed by atoms with van der Waals surface area (Å²) in [5.41, 5.74) is 6.72. The third-order valence-electron chi connectivity index (χ3n) is 1.46. The number of aliphatic hydroxyl groups excluding tert-OH is 1. The van der Waals surface area contributed by atoms with Gasteiger partial charge < -0.3 is 10.8 Å². The van der Waals surface area contributed by atoms with Crippen LogP contribution >= 0.6 is 22.9 Å². The summed E-state index contributed by atoms with van der Waals surface area (Å²) >= 11 is 7.17. The fourth-order valence-electron chi connectivity index (χ4n) is 0.824. The maximum Gasteiger partial charge on any atom is 0.0931 e. The Balaban J connectivity index is 2.60. The van der Waals surface area contributed by atoms with Gasteiger partial charge >= 0.3 is 0 Å². The smallest absolute Gasteiger partial charge is 0.0931 e. The number of nitrogens with two attached hydrogens (primary N) is 1. The molecular weight excluding hydrogens is 182 g/mol. The summed E-state index contributed by atoms with van der Waals surface area (Å²) < 4.78 is 0.744. The van der Waals surface area contributed by atoms with Crippen LogP contribution in [-0.2, 0) is 0 Å². The van der Waals surface area contributed by atoms with E-state index in [-0.39, 0.29) is 12.6 Å². The Hall–Kier alpha value is -0.0900. The van der Waals surface area contributed by atoms with Crippen LogP contribution in [0, 0.1) is 0 Å². The van der Waals surface area contributed by atoms with Gasteiger partial charge in [-0.3, -0.25) is 0 Å². The molecule has 0 amide bonds. The van der Waals surface area contributed by atoms with Crippen LogP contribution in [0.3, 0.4) is 0 Å². The van der Waals surface area contributed by atoms with E-state index in [0.29, 0.717) is 6.42 Å². The molecule has 62 valence electrons. The van der Waals surface area contributed by atoms with Gasteiger partial charge in [-0.15, -0.1) is 11.3 Å². The summed E-state index contributed by atoms with van der Waals surface area (Å²) in [5, 5.41) is 10.5. The Bertz CT molecular complexity index is 226. The molecule has 0 spiro atoms. The van der Waals surface area contributed by atoms with Crippen molar-refractivity contribution in [1.82, 2.24) is 0 Å². The van der Waals surface area contributed by atoms with Gasteiger partial charge in [0.25, 0.3) is 0 Å². The molecule has 0 radical (unpaired) electrons. The van der Waals surface area contributed by atoms with Gasteiger partial charge in [-0.05, 0) is 23.4 Å². The van der Waals surface area contributed by atoms with Crippen molar-refractivity contribution in [3.63, 3.8) is 0 Å². The highest BCUT2D eigenvalue weighted by molar-refractivity contribution is 7.14. The van der Waals surface area contributed by atoms with Gasteiger partial charge in [-0.1, -0.05) is 11.6 Å². The molecule has 2 nitrogen and oxygen atoms in total. The summed E-state index contributed by atoms with van der Waals surface area (Å²) in [7, 11) is 0. The molecule has 1 heterocycles. The first-order valence-corrected chi connectivity index (χ1v) is 4.60. The van der Waals surface area contributed by atoms with E-state index in [0.717, 1.165) is 9.90 Å². The van der Waals surface area contributed by atoms with Crippen LogP contribution < -0.4 is 5.73 Å². The minimum atomic E-state index is -0.0799. The lowest BCUT2D eigenvalue weighted by Gasteiger charge is -2.05. The molecule has 0 unspecified atom stereocenters. The lowest BCUT2D eigenvalue weighted by Crippen LogP contribution is -2.10. The second-order valence-electron chi connectivity index (χ2n) is 2.30. The highest BCUT2D eigenvalue weighted by Gasteiger charge is 2.06. The molecule has 11 heavy (non-hydrogen) atoms. The predicted octanol–water partition coefficient (Wildman–Crippen LogP) is 1.78. The Morgan fingerprint density at radius 2 is 2.45 bits per heavy atom. The maximum atomic E-state index is 8.60. The van der Waals surface area contributed by atoms with Crippen molar-refractivity contribution in [3.8, 4) is 0 Å². The van der Waals surface area contributed by atoms with Crippen LogP contribution in [0.2, 0.25) is 4.34 Å². The van der Waals surface area contributed by atoms with Crippen LogP contribution in [0.15, 0.2) is 11.4 Å². The molecule has 0 aliphatic rings. The largest absolute Gasteiger partial charge is 0.396 e. The van der Waals surface area contributed by atoms with Gasteiger partial charge in [0.1, 0.15) is 0 Å². The van der Waals surface area contributed by atoms with Crippen molar-refractivity contribution in [1.29, 1.82) is 0 Å². The van der Waals surface area contributed by atoms with Crippen molar-refractivity contribution in [3.05, 3.63) is 21.3 Å². The third kappa shape index (κ3) is 2.45. The molecule has 4 heteroatoms. The fraction of sp³-hybridized carbons (Fsp3) is 0.429. The topological polar surface area (TPSA) is 46.2 Å². The molecule has 1 rings (SSSR count). The molecule has 0 fully saturated rings. The Kier molecular flexibility index (Phi) is 3.33. The monoisotopic (exact) mass is 191 g/mol. The highest BCUT2D eigenvalue weighted by atomic mass is 35.5. The van der Waals surface area contributed by atoms with Gasteiger partial charge in [-0.25, -0.2) is 0 Å². The first-order chi connectivity index (χ1) is 5.24. The molecular formula is C7H10ClNOS. The molecule has 0 aromatic carbocycles. The van der Waals surface area contributed by atoms with E-state index in [4.69, 9.17) is 22.4 Å². The minimum Gasteiger partial charge on any atom is -0.396 e. The summed E-state index contributed by atoms with van der Waals surface area (Å²) in [6, 6.07) is 1.76. The van der Waals surface area contributed by atoms with E-state index >= 15 is 0 Å². The molecule has 0 aliphatic carbocycles. The van der Waals surface area contributed by atoms with Crippen LogP contribution in [-0.4, -0.2) is 11.7 Å². The zero-order valence-electron chi connectivity index (χ0n) is 5.96. The first kappa shape index (κ1) is 9.00. The zero-order chi connectivity index (χ0) is 8.27. The lowest BCUT2D eigenvalue weighted by molar-refractivity contribution is 0.276. The maximum absolute atomic E-state index is 8.60. The number of aliphatic hydroxyl groups is 1. The molecule has 0 saturated heterocycles. The molecule has 0 aliphatic heterocycles. The third-order valence-corrected chi connectivity index (χ3v) is 2.57. The molecule has 1 aromatic heterocycles. The van der Waals surface area contributed by atoms with Gasteiger partial charge in [0.2, 0.25) is 0 Å². The van der Waals surface area contributed by atoms with Crippen LogP contribution in [0.25, 0.3) is 0 Å². The Morgan fingerprint density at radius 1 is 1.73 bits per heavy atom. The van der Waals surface area contributed by atoms with Gasteiger partial charge in [0.15, 0.2) is 0 Å². The van der Waals surface area contributed by atoms with Gasteiger partial charge in [-0.2, -0.15) is 0 Å². The second kappa shape index (κ2) is 4.07. The molecule has 0 saturated carbocycles. The number of halogens is 1. The highest BCUT2D eigenvalue weighted by Crippen LogP contribution is 2.24. The summed E-state index contributed by atoms with van der Waals surface area (Å²) in [6.07, 6.45) is 0.590. The number of hydrogen-bond donors (Lipinski definition) is 2.